The van der Waals surface area contributed by atoms with Crippen LogP contribution in [-0.4, -0.2) is 31.7 Å². The van der Waals surface area contributed by atoms with Gasteiger partial charge in [0.15, 0.2) is 8.07 Å². The van der Waals surface area contributed by atoms with E-state index < -0.39 is 8.07 Å². The predicted octanol–water partition coefficient (Wildman–Crippen LogP) is 12.7. The highest BCUT2D eigenvalue weighted by molar-refractivity contribution is 7.19. The van der Waals surface area contributed by atoms with Crippen LogP contribution in [0.4, 0.5) is 0 Å². The van der Waals surface area contributed by atoms with E-state index in [2.05, 4.69) is 256 Å². The van der Waals surface area contributed by atoms with Gasteiger partial charge >= 0.3 is 0 Å². The Labute approximate surface area is 416 Å². The fraction of sp³-hybridized carbons (Fsp3) is 0. The second-order valence-electron chi connectivity index (χ2n) is 18.5. The summed E-state index contributed by atoms with van der Waals surface area (Å²) in [5, 5.41) is 22.0. The Kier molecular flexibility index (Phi) is 9.49. The standard InChI is InChI=1S/C65H42N6Si/c66-43-44-32-38-62-55(40-44)53-26-12-16-30-60(53)70(62)64-42-57(45-33-36-50(37-34-45)72(47-18-4-1-5-19-47,48-20-6-2-7-21-48)49-22-8-3-9-23-49)67-65(68-64)71-61-31-17-13-27-54(61)56-41-46(35-39-63(56)71)69-58-28-14-10-24-51(58)52-25-11-15-29-59(52)69/h1-42H. The molecule has 0 aliphatic rings. The molecular formula is C65H42N6Si. The van der Waals surface area contributed by atoms with Crippen molar-refractivity contribution in [3.8, 4) is 34.8 Å². The van der Waals surface area contributed by atoms with E-state index in [1.807, 2.05) is 18.2 Å². The zero-order valence-corrected chi connectivity index (χ0v) is 39.9. The van der Waals surface area contributed by atoms with Crippen LogP contribution in [0.25, 0.3) is 94.1 Å². The summed E-state index contributed by atoms with van der Waals surface area (Å²) < 4.78 is 6.82. The number of nitrogens with zero attached hydrogens (tertiary/aromatic N) is 6. The van der Waals surface area contributed by atoms with Gasteiger partial charge in [-0.25, -0.2) is 4.98 Å². The molecule has 0 radical (unpaired) electrons. The summed E-state index contributed by atoms with van der Waals surface area (Å²) >= 11 is 0. The third-order valence-electron chi connectivity index (χ3n) is 14.7. The van der Waals surface area contributed by atoms with Gasteiger partial charge in [-0.2, -0.15) is 10.2 Å². The summed E-state index contributed by atoms with van der Waals surface area (Å²) in [6.45, 7) is 0. The highest BCUT2D eigenvalue weighted by Gasteiger charge is 2.41. The molecule has 0 amide bonds. The Hall–Kier alpha value is -9.61. The molecule has 0 fully saturated rings. The Morgan fingerprint density at radius 3 is 1.29 bits per heavy atom. The summed E-state index contributed by atoms with van der Waals surface area (Å²) in [6.07, 6.45) is 0. The Morgan fingerprint density at radius 1 is 0.333 bits per heavy atom. The molecular weight excluding hydrogens is 893 g/mol. The highest BCUT2D eigenvalue weighted by atomic mass is 28.3. The maximum Gasteiger partial charge on any atom is 0.237 e. The number of para-hydroxylation sites is 4. The zero-order chi connectivity index (χ0) is 47.8. The van der Waals surface area contributed by atoms with Crippen molar-refractivity contribution < 1.29 is 0 Å². The molecule has 336 valence electrons. The smallest absolute Gasteiger partial charge is 0.237 e. The lowest BCUT2D eigenvalue weighted by molar-refractivity contribution is 0.952. The van der Waals surface area contributed by atoms with Crippen molar-refractivity contribution in [1.29, 1.82) is 5.26 Å². The number of rotatable bonds is 8. The lowest BCUT2D eigenvalue weighted by atomic mass is 10.1. The molecule has 0 spiro atoms. The second-order valence-corrected chi connectivity index (χ2v) is 22.3. The molecule has 72 heavy (non-hydrogen) atoms. The normalized spacial score (nSPS) is 11.9. The van der Waals surface area contributed by atoms with Crippen LogP contribution in [0.1, 0.15) is 5.56 Å². The molecule has 4 heterocycles. The van der Waals surface area contributed by atoms with Gasteiger partial charge in [0.05, 0.1) is 50.4 Å². The number of benzene rings is 10. The topological polar surface area (TPSA) is 64.4 Å². The SMILES string of the molecule is N#Cc1ccc2c(c1)c1ccccc1n2-c1cc(-c2ccc([Si](c3ccccc3)(c3ccccc3)c3ccccc3)cc2)nc(-n2c3ccccc3c3cc(-n4c5ccccc5c5ccccc54)ccc32)n1. The van der Waals surface area contributed by atoms with Gasteiger partial charge < -0.3 is 4.57 Å². The van der Waals surface area contributed by atoms with Gasteiger partial charge in [-0.15, -0.1) is 0 Å². The van der Waals surface area contributed by atoms with Gasteiger partial charge in [0.25, 0.3) is 0 Å². The lowest BCUT2D eigenvalue weighted by Gasteiger charge is -2.34. The first-order chi connectivity index (χ1) is 35.7. The summed E-state index contributed by atoms with van der Waals surface area (Å²) in [5.74, 6) is 1.29. The average Bonchev–Trinajstić information content (AvgIpc) is 4.09. The van der Waals surface area contributed by atoms with E-state index in [1.54, 1.807) is 0 Å². The largest absolute Gasteiger partial charge is 0.309 e. The highest BCUT2D eigenvalue weighted by Crippen LogP contribution is 2.38. The summed E-state index contributed by atoms with van der Waals surface area (Å²) in [4.78, 5) is 11.1. The molecule has 14 aromatic rings. The van der Waals surface area contributed by atoms with Crippen LogP contribution in [0.2, 0.25) is 0 Å². The van der Waals surface area contributed by atoms with Crippen molar-refractivity contribution >= 4 is 94.2 Å². The maximum atomic E-state index is 10.0. The predicted molar refractivity (Wildman–Crippen MR) is 299 cm³/mol. The number of aromatic nitrogens is 5. The van der Waals surface area contributed by atoms with E-state index in [0.717, 1.165) is 77.4 Å². The minimum absolute atomic E-state index is 0.559. The van der Waals surface area contributed by atoms with E-state index in [4.69, 9.17) is 9.97 Å². The molecule has 0 saturated heterocycles. The van der Waals surface area contributed by atoms with Crippen molar-refractivity contribution in [2.45, 2.75) is 0 Å². The molecule has 0 atom stereocenters. The first-order valence-corrected chi connectivity index (χ1v) is 26.3. The molecule has 0 saturated carbocycles. The average molecular weight is 935 g/mol. The Bertz CT molecular complexity index is 4300. The van der Waals surface area contributed by atoms with Gasteiger partial charge in [-0.3, -0.25) is 9.13 Å². The monoisotopic (exact) mass is 934 g/mol. The molecule has 0 aliphatic carbocycles. The molecule has 10 aromatic carbocycles. The molecule has 0 unspecified atom stereocenters. The van der Waals surface area contributed by atoms with Crippen molar-refractivity contribution in [3.05, 3.63) is 260 Å². The number of hydrogen-bond donors (Lipinski definition) is 0. The number of hydrogen-bond acceptors (Lipinski definition) is 3. The molecule has 14 rings (SSSR count). The Balaban J connectivity index is 1.01. The first kappa shape index (κ1) is 41.4. The lowest BCUT2D eigenvalue weighted by Crippen LogP contribution is -2.74. The van der Waals surface area contributed by atoms with Crippen LogP contribution in [0.15, 0.2) is 255 Å². The second kappa shape index (κ2) is 16.5. The van der Waals surface area contributed by atoms with Crippen LogP contribution in [-0.2, 0) is 0 Å². The fourth-order valence-corrected chi connectivity index (χ4v) is 16.3. The summed E-state index contributed by atoms with van der Waals surface area (Å²) in [5.41, 5.74) is 9.76. The van der Waals surface area contributed by atoms with Gasteiger partial charge in [0.2, 0.25) is 5.95 Å². The minimum Gasteiger partial charge on any atom is -0.309 e. The van der Waals surface area contributed by atoms with Crippen LogP contribution in [0.5, 0.6) is 0 Å². The molecule has 7 heteroatoms. The van der Waals surface area contributed by atoms with E-state index in [0.29, 0.717) is 11.5 Å². The number of nitriles is 1. The number of fused-ring (bicyclic) bond motifs is 9. The van der Waals surface area contributed by atoms with Crippen LogP contribution in [0.3, 0.4) is 0 Å². The van der Waals surface area contributed by atoms with Crippen molar-refractivity contribution in [2.24, 2.45) is 0 Å². The Morgan fingerprint density at radius 2 is 0.750 bits per heavy atom. The quantitative estimate of drug-likeness (QED) is 0.113. The van der Waals surface area contributed by atoms with Crippen LogP contribution >= 0.6 is 0 Å². The zero-order valence-electron chi connectivity index (χ0n) is 38.9. The maximum absolute atomic E-state index is 10.0. The van der Waals surface area contributed by atoms with E-state index in [-0.39, 0.29) is 0 Å². The van der Waals surface area contributed by atoms with E-state index in [1.165, 1.54) is 31.5 Å². The van der Waals surface area contributed by atoms with Crippen LogP contribution in [0, 0.1) is 11.3 Å². The third kappa shape index (κ3) is 6.26. The molecule has 4 aromatic heterocycles. The van der Waals surface area contributed by atoms with Gasteiger partial charge in [-0.1, -0.05) is 188 Å². The van der Waals surface area contributed by atoms with E-state index in [9.17, 15) is 5.26 Å². The van der Waals surface area contributed by atoms with Crippen molar-refractivity contribution in [2.75, 3.05) is 0 Å². The molecule has 0 bridgehead atoms. The summed E-state index contributed by atoms with van der Waals surface area (Å²) in [7, 11) is -2.78. The fourth-order valence-electron chi connectivity index (χ4n) is 11.5. The molecule has 0 aliphatic heterocycles. The van der Waals surface area contributed by atoms with Gasteiger partial charge in [0.1, 0.15) is 5.82 Å². The first-order valence-electron chi connectivity index (χ1n) is 24.3. The van der Waals surface area contributed by atoms with E-state index >= 15 is 0 Å². The third-order valence-corrected chi connectivity index (χ3v) is 19.5. The van der Waals surface area contributed by atoms with Crippen LogP contribution < -0.4 is 20.7 Å². The van der Waals surface area contributed by atoms with Crippen molar-refractivity contribution in [3.63, 3.8) is 0 Å². The molecule has 0 N–H and O–H groups in total. The van der Waals surface area contributed by atoms with Gasteiger partial charge in [0, 0.05) is 49.6 Å². The summed E-state index contributed by atoms with van der Waals surface area (Å²) in [6, 6.07) is 93.7. The van der Waals surface area contributed by atoms with Gasteiger partial charge in [-0.05, 0) is 81.4 Å². The van der Waals surface area contributed by atoms with Crippen molar-refractivity contribution in [1.82, 2.24) is 23.7 Å². The minimum atomic E-state index is -2.78. The molecule has 6 nitrogen and oxygen atoms in total.